The molecular formula is C13H16FNO3. The van der Waals surface area contributed by atoms with Crippen molar-refractivity contribution in [2.75, 3.05) is 26.4 Å². The SMILES string of the molecule is CC1(CNC(=O)COc2ccccc2F)COC1. The van der Waals surface area contributed by atoms with Crippen LogP contribution >= 0.6 is 0 Å². The van der Waals surface area contributed by atoms with Crippen molar-refractivity contribution in [1.82, 2.24) is 5.32 Å². The van der Waals surface area contributed by atoms with Gasteiger partial charge in [-0.15, -0.1) is 0 Å². The number of nitrogens with one attached hydrogen (secondary N) is 1. The quantitative estimate of drug-likeness (QED) is 0.862. The second-order valence-corrected chi connectivity index (χ2v) is 4.80. The van der Waals surface area contributed by atoms with E-state index in [0.717, 1.165) is 0 Å². The van der Waals surface area contributed by atoms with Crippen LogP contribution in [-0.2, 0) is 9.53 Å². The molecule has 0 atom stereocenters. The number of carbonyl (C=O) groups excluding carboxylic acids is 1. The molecule has 1 amide bonds. The monoisotopic (exact) mass is 253 g/mol. The van der Waals surface area contributed by atoms with Gasteiger partial charge in [-0.3, -0.25) is 4.79 Å². The Bertz CT molecular complexity index is 432. The van der Waals surface area contributed by atoms with Crippen LogP contribution in [0.15, 0.2) is 24.3 Å². The maximum Gasteiger partial charge on any atom is 0.257 e. The van der Waals surface area contributed by atoms with Gasteiger partial charge in [0.15, 0.2) is 18.2 Å². The van der Waals surface area contributed by atoms with Crippen molar-refractivity contribution in [3.8, 4) is 5.75 Å². The molecule has 0 aromatic heterocycles. The molecular weight excluding hydrogens is 237 g/mol. The Morgan fingerprint density at radius 2 is 2.22 bits per heavy atom. The third kappa shape index (κ3) is 3.20. The first-order chi connectivity index (χ1) is 8.59. The van der Waals surface area contributed by atoms with Crippen LogP contribution in [0.25, 0.3) is 0 Å². The molecule has 1 aromatic carbocycles. The highest BCUT2D eigenvalue weighted by atomic mass is 19.1. The van der Waals surface area contributed by atoms with Crippen LogP contribution < -0.4 is 10.1 Å². The summed E-state index contributed by atoms with van der Waals surface area (Å²) < 4.78 is 23.4. The molecule has 4 nitrogen and oxygen atoms in total. The first-order valence-electron chi connectivity index (χ1n) is 5.81. The van der Waals surface area contributed by atoms with E-state index in [1.54, 1.807) is 12.1 Å². The van der Waals surface area contributed by atoms with E-state index in [4.69, 9.17) is 9.47 Å². The molecule has 1 saturated heterocycles. The van der Waals surface area contributed by atoms with E-state index in [9.17, 15) is 9.18 Å². The molecule has 1 aliphatic rings. The normalized spacial score (nSPS) is 16.8. The Labute approximate surface area is 105 Å². The predicted octanol–water partition coefficient (Wildman–Crippen LogP) is 1.36. The van der Waals surface area contributed by atoms with E-state index in [2.05, 4.69) is 5.32 Å². The predicted molar refractivity (Wildman–Crippen MR) is 63.8 cm³/mol. The van der Waals surface area contributed by atoms with Crippen LogP contribution in [-0.4, -0.2) is 32.3 Å². The third-order valence-electron chi connectivity index (χ3n) is 2.81. The molecule has 5 heteroatoms. The molecule has 0 unspecified atom stereocenters. The Hall–Kier alpha value is -1.62. The third-order valence-corrected chi connectivity index (χ3v) is 2.81. The molecule has 0 radical (unpaired) electrons. The Balaban J connectivity index is 1.73. The van der Waals surface area contributed by atoms with Crippen molar-refractivity contribution in [3.63, 3.8) is 0 Å². The minimum absolute atomic E-state index is 0.0215. The van der Waals surface area contributed by atoms with Gasteiger partial charge in [0.1, 0.15) is 0 Å². The van der Waals surface area contributed by atoms with Crippen LogP contribution in [0.5, 0.6) is 5.75 Å². The standard InChI is InChI=1S/C13H16FNO3/c1-13(8-17-9-13)7-15-12(16)6-18-11-5-3-2-4-10(11)14/h2-5H,6-9H2,1H3,(H,15,16). The van der Waals surface area contributed by atoms with Crippen molar-refractivity contribution < 1.29 is 18.7 Å². The fourth-order valence-corrected chi connectivity index (χ4v) is 1.62. The van der Waals surface area contributed by atoms with E-state index in [-0.39, 0.29) is 23.7 Å². The maximum absolute atomic E-state index is 13.2. The minimum atomic E-state index is -0.468. The molecule has 2 rings (SSSR count). The first-order valence-corrected chi connectivity index (χ1v) is 5.81. The van der Waals surface area contributed by atoms with Gasteiger partial charge in [-0.2, -0.15) is 0 Å². The van der Waals surface area contributed by atoms with E-state index < -0.39 is 5.82 Å². The average molecular weight is 253 g/mol. The highest BCUT2D eigenvalue weighted by molar-refractivity contribution is 5.77. The lowest BCUT2D eigenvalue weighted by molar-refractivity contribution is -0.128. The number of hydrogen-bond acceptors (Lipinski definition) is 3. The zero-order chi connectivity index (χ0) is 13.0. The van der Waals surface area contributed by atoms with Crippen molar-refractivity contribution in [2.45, 2.75) is 6.92 Å². The minimum Gasteiger partial charge on any atom is -0.481 e. The average Bonchev–Trinajstić information content (AvgIpc) is 2.33. The maximum atomic E-state index is 13.2. The van der Waals surface area contributed by atoms with Crippen molar-refractivity contribution in [2.24, 2.45) is 5.41 Å². The number of para-hydroxylation sites is 1. The van der Waals surface area contributed by atoms with Crippen molar-refractivity contribution in [3.05, 3.63) is 30.1 Å². The van der Waals surface area contributed by atoms with Gasteiger partial charge in [0.2, 0.25) is 0 Å². The summed E-state index contributed by atoms with van der Waals surface area (Å²) in [6.07, 6.45) is 0. The van der Waals surface area contributed by atoms with Gasteiger partial charge < -0.3 is 14.8 Å². The van der Waals surface area contributed by atoms with Gasteiger partial charge >= 0.3 is 0 Å². The van der Waals surface area contributed by atoms with Gasteiger partial charge in [0.25, 0.3) is 5.91 Å². The molecule has 1 aromatic rings. The molecule has 0 saturated carbocycles. The van der Waals surface area contributed by atoms with Gasteiger partial charge in [0, 0.05) is 12.0 Å². The van der Waals surface area contributed by atoms with E-state index in [1.807, 2.05) is 6.92 Å². The number of hydrogen-bond donors (Lipinski definition) is 1. The van der Waals surface area contributed by atoms with E-state index in [1.165, 1.54) is 12.1 Å². The lowest BCUT2D eigenvalue weighted by Crippen LogP contribution is -2.49. The second-order valence-electron chi connectivity index (χ2n) is 4.80. The highest BCUT2D eigenvalue weighted by Gasteiger charge is 2.33. The zero-order valence-corrected chi connectivity index (χ0v) is 10.2. The number of amides is 1. The highest BCUT2D eigenvalue weighted by Crippen LogP contribution is 2.25. The number of rotatable bonds is 5. The summed E-state index contributed by atoms with van der Waals surface area (Å²) in [7, 11) is 0. The van der Waals surface area contributed by atoms with Crippen LogP contribution in [0.4, 0.5) is 4.39 Å². The molecule has 0 spiro atoms. The molecule has 1 fully saturated rings. The fraction of sp³-hybridized carbons (Fsp3) is 0.462. The molecule has 0 bridgehead atoms. The summed E-state index contributed by atoms with van der Waals surface area (Å²) in [4.78, 5) is 11.5. The first kappa shape index (κ1) is 12.8. The van der Waals surface area contributed by atoms with Crippen LogP contribution in [0.1, 0.15) is 6.92 Å². The Morgan fingerprint density at radius 3 is 2.83 bits per heavy atom. The second kappa shape index (κ2) is 5.35. The summed E-state index contributed by atoms with van der Waals surface area (Å²) in [5.74, 6) is -0.637. The molecule has 1 aliphatic heterocycles. The molecule has 98 valence electrons. The van der Waals surface area contributed by atoms with Crippen LogP contribution in [0.3, 0.4) is 0 Å². The Kier molecular flexibility index (Phi) is 3.81. The lowest BCUT2D eigenvalue weighted by Gasteiger charge is -2.37. The van der Waals surface area contributed by atoms with Gasteiger partial charge in [-0.1, -0.05) is 19.1 Å². The zero-order valence-electron chi connectivity index (χ0n) is 10.2. The number of halogens is 1. The van der Waals surface area contributed by atoms with Gasteiger partial charge in [-0.05, 0) is 12.1 Å². The molecule has 1 N–H and O–H groups in total. The van der Waals surface area contributed by atoms with Gasteiger partial charge in [-0.25, -0.2) is 4.39 Å². The lowest BCUT2D eigenvalue weighted by atomic mass is 9.89. The summed E-state index contributed by atoms with van der Waals surface area (Å²) in [6, 6.07) is 6.01. The summed E-state index contributed by atoms with van der Waals surface area (Å²) in [5.41, 5.74) is 0.0215. The molecule has 0 aliphatic carbocycles. The largest absolute Gasteiger partial charge is 0.481 e. The summed E-state index contributed by atoms with van der Waals surface area (Å²) in [5, 5.41) is 2.75. The fourth-order valence-electron chi connectivity index (χ4n) is 1.62. The molecule has 1 heterocycles. The molecule has 18 heavy (non-hydrogen) atoms. The summed E-state index contributed by atoms with van der Waals surface area (Å²) in [6.45, 7) is 3.71. The topological polar surface area (TPSA) is 47.6 Å². The van der Waals surface area contributed by atoms with Crippen LogP contribution in [0, 0.1) is 11.2 Å². The summed E-state index contributed by atoms with van der Waals surface area (Å²) >= 11 is 0. The van der Waals surface area contributed by atoms with E-state index in [0.29, 0.717) is 19.8 Å². The van der Waals surface area contributed by atoms with Gasteiger partial charge in [0.05, 0.1) is 13.2 Å². The van der Waals surface area contributed by atoms with Crippen molar-refractivity contribution >= 4 is 5.91 Å². The van der Waals surface area contributed by atoms with Crippen molar-refractivity contribution in [1.29, 1.82) is 0 Å². The Morgan fingerprint density at radius 1 is 1.50 bits per heavy atom. The number of ether oxygens (including phenoxy) is 2. The number of benzene rings is 1. The smallest absolute Gasteiger partial charge is 0.257 e. The van der Waals surface area contributed by atoms with Crippen LogP contribution in [0.2, 0.25) is 0 Å². The number of carbonyl (C=O) groups is 1. The van der Waals surface area contributed by atoms with E-state index >= 15 is 0 Å².